The van der Waals surface area contributed by atoms with Crippen LogP contribution in [0.5, 0.6) is 5.75 Å². The summed E-state index contributed by atoms with van der Waals surface area (Å²) in [6, 6.07) is 7.98. The first-order chi connectivity index (χ1) is 10.6. The van der Waals surface area contributed by atoms with Crippen LogP contribution in [0.2, 0.25) is 0 Å². The predicted molar refractivity (Wildman–Crippen MR) is 88.7 cm³/mol. The van der Waals surface area contributed by atoms with E-state index in [1.54, 1.807) is 0 Å². The monoisotopic (exact) mass is 302 g/mol. The summed E-state index contributed by atoms with van der Waals surface area (Å²) in [5.41, 5.74) is 1.08. The number of benzene rings is 1. The third kappa shape index (κ3) is 6.33. The van der Waals surface area contributed by atoms with Gasteiger partial charge in [-0.15, -0.1) is 0 Å². The number of carbonyl (C=O) groups excluding carboxylic acids is 1. The van der Waals surface area contributed by atoms with Gasteiger partial charge in [-0.2, -0.15) is 0 Å². The molecule has 0 aromatic heterocycles. The highest BCUT2D eigenvalue weighted by Gasteiger charge is 2.30. The summed E-state index contributed by atoms with van der Waals surface area (Å²) >= 11 is 0. The van der Waals surface area contributed by atoms with Crippen LogP contribution in [0.15, 0.2) is 30.3 Å². The van der Waals surface area contributed by atoms with Crippen molar-refractivity contribution < 1.29 is 14.3 Å². The van der Waals surface area contributed by atoms with Gasteiger partial charge in [-0.25, -0.2) is 0 Å². The summed E-state index contributed by atoms with van der Waals surface area (Å²) in [5, 5.41) is 0. The van der Waals surface area contributed by atoms with Crippen molar-refractivity contribution in [2.75, 3.05) is 13.2 Å². The molecule has 0 heterocycles. The minimum Gasteiger partial charge on any atom is -0.494 e. The van der Waals surface area contributed by atoms with Crippen molar-refractivity contribution in [1.82, 2.24) is 0 Å². The first kappa shape index (κ1) is 16.6. The molecule has 1 saturated carbocycles. The summed E-state index contributed by atoms with van der Waals surface area (Å²) in [6.45, 7) is 5.57. The zero-order valence-corrected chi connectivity index (χ0v) is 13.6. The number of esters is 1. The maximum atomic E-state index is 11.4. The molecule has 1 aromatic carbocycles. The zero-order valence-electron chi connectivity index (χ0n) is 13.6. The van der Waals surface area contributed by atoms with Crippen LogP contribution in [0.25, 0.3) is 6.08 Å². The van der Waals surface area contributed by atoms with Gasteiger partial charge in [0, 0.05) is 0 Å². The van der Waals surface area contributed by atoms with E-state index in [0.29, 0.717) is 6.61 Å². The molecule has 0 aliphatic heterocycles. The maximum absolute atomic E-state index is 11.4. The van der Waals surface area contributed by atoms with Gasteiger partial charge in [0.25, 0.3) is 0 Å². The fourth-order valence-electron chi connectivity index (χ4n) is 2.11. The van der Waals surface area contributed by atoms with E-state index >= 15 is 0 Å². The van der Waals surface area contributed by atoms with Crippen molar-refractivity contribution >= 4 is 12.0 Å². The van der Waals surface area contributed by atoms with Crippen molar-refractivity contribution in [2.24, 2.45) is 11.8 Å². The molecule has 0 spiro atoms. The smallest absolute Gasteiger partial charge is 0.309 e. The molecule has 0 radical (unpaired) electrons. The molecule has 3 nitrogen and oxygen atoms in total. The molecule has 0 atom stereocenters. The van der Waals surface area contributed by atoms with Gasteiger partial charge in [-0.3, -0.25) is 4.79 Å². The Morgan fingerprint density at radius 3 is 2.64 bits per heavy atom. The first-order valence-corrected chi connectivity index (χ1v) is 8.21. The minimum absolute atomic E-state index is 0.0604. The lowest BCUT2D eigenvalue weighted by Gasteiger charge is -2.07. The SMILES string of the molecule is CC(C)CCCOc1ccc(C=CCOC(=O)C2CC2)cc1. The molecule has 22 heavy (non-hydrogen) atoms. The van der Waals surface area contributed by atoms with Crippen LogP contribution in [0.4, 0.5) is 0 Å². The number of hydrogen-bond acceptors (Lipinski definition) is 3. The second-order valence-corrected chi connectivity index (χ2v) is 6.26. The molecular weight excluding hydrogens is 276 g/mol. The standard InChI is InChI=1S/C19H26O3/c1-15(2)5-3-13-21-18-11-7-16(8-12-18)6-4-14-22-19(20)17-9-10-17/h4,6-8,11-12,15,17H,3,5,9-10,13-14H2,1-2H3. The van der Waals surface area contributed by atoms with E-state index in [1.807, 2.05) is 36.4 Å². The number of carbonyl (C=O) groups is 1. The van der Waals surface area contributed by atoms with Gasteiger partial charge >= 0.3 is 5.97 Å². The first-order valence-electron chi connectivity index (χ1n) is 8.21. The molecule has 1 aromatic rings. The summed E-state index contributed by atoms with van der Waals surface area (Å²) in [4.78, 5) is 11.4. The van der Waals surface area contributed by atoms with E-state index in [2.05, 4.69) is 13.8 Å². The van der Waals surface area contributed by atoms with E-state index in [-0.39, 0.29) is 11.9 Å². The lowest BCUT2D eigenvalue weighted by atomic mass is 10.1. The van der Waals surface area contributed by atoms with Crippen molar-refractivity contribution in [2.45, 2.75) is 39.5 Å². The fraction of sp³-hybridized carbons (Fsp3) is 0.526. The molecule has 0 bridgehead atoms. The van der Waals surface area contributed by atoms with Gasteiger partial charge in [-0.1, -0.05) is 32.1 Å². The van der Waals surface area contributed by atoms with Crippen LogP contribution in [-0.2, 0) is 9.53 Å². The molecule has 0 unspecified atom stereocenters. The Labute approximate surface area is 133 Å². The van der Waals surface area contributed by atoms with E-state index in [9.17, 15) is 4.79 Å². The number of ether oxygens (including phenoxy) is 2. The Bertz CT molecular complexity index is 484. The van der Waals surface area contributed by atoms with Crippen molar-refractivity contribution in [3.8, 4) is 5.75 Å². The topological polar surface area (TPSA) is 35.5 Å². The van der Waals surface area contributed by atoms with Crippen LogP contribution >= 0.6 is 0 Å². The van der Waals surface area contributed by atoms with Crippen molar-refractivity contribution in [3.05, 3.63) is 35.9 Å². The lowest BCUT2D eigenvalue weighted by molar-refractivity contribution is -0.143. The van der Waals surface area contributed by atoms with E-state index < -0.39 is 0 Å². The van der Waals surface area contributed by atoms with Gasteiger partial charge in [0.2, 0.25) is 0 Å². The average Bonchev–Trinajstić information content (AvgIpc) is 3.34. The second kappa shape index (κ2) is 8.62. The Hall–Kier alpha value is -1.77. The van der Waals surface area contributed by atoms with E-state index in [0.717, 1.165) is 43.1 Å². The highest BCUT2D eigenvalue weighted by molar-refractivity contribution is 5.75. The molecule has 3 heteroatoms. The second-order valence-electron chi connectivity index (χ2n) is 6.26. The Morgan fingerprint density at radius 1 is 1.27 bits per heavy atom. The quantitative estimate of drug-likeness (QED) is 0.499. The number of hydrogen-bond donors (Lipinski definition) is 0. The third-order valence-corrected chi connectivity index (χ3v) is 3.62. The molecule has 120 valence electrons. The highest BCUT2D eigenvalue weighted by Crippen LogP contribution is 2.29. The molecule has 0 saturated heterocycles. The van der Waals surface area contributed by atoms with Crippen LogP contribution in [0.1, 0.15) is 45.1 Å². The molecule has 0 N–H and O–H groups in total. The molecule has 1 fully saturated rings. The van der Waals surface area contributed by atoms with Gasteiger partial charge in [-0.05, 0) is 55.4 Å². The summed E-state index contributed by atoms with van der Waals surface area (Å²) in [6.07, 6.45) is 8.09. The molecule has 2 rings (SSSR count). The molecule has 1 aliphatic rings. The van der Waals surface area contributed by atoms with E-state index in [4.69, 9.17) is 9.47 Å². The van der Waals surface area contributed by atoms with Gasteiger partial charge in [0.05, 0.1) is 12.5 Å². The normalized spacial score (nSPS) is 14.5. The number of rotatable bonds is 9. The zero-order chi connectivity index (χ0) is 15.8. The highest BCUT2D eigenvalue weighted by atomic mass is 16.5. The lowest BCUT2D eigenvalue weighted by Crippen LogP contribution is -2.05. The molecule has 0 amide bonds. The van der Waals surface area contributed by atoms with Gasteiger partial charge < -0.3 is 9.47 Å². The van der Waals surface area contributed by atoms with Crippen LogP contribution < -0.4 is 4.74 Å². The van der Waals surface area contributed by atoms with E-state index in [1.165, 1.54) is 6.42 Å². The fourth-order valence-corrected chi connectivity index (χ4v) is 2.11. The molecular formula is C19H26O3. The Balaban J connectivity index is 1.66. The van der Waals surface area contributed by atoms with Crippen molar-refractivity contribution in [3.63, 3.8) is 0 Å². The third-order valence-electron chi connectivity index (χ3n) is 3.62. The average molecular weight is 302 g/mol. The van der Waals surface area contributed by atoms with Crippen molar-refractivity contribution in [1.29, 1.82) is 0 Å². The minimum atomic E-state index is -0.0604. The predicted octanol–water partition coefficient (Wildman–Crippen LogP) is 4.47. The van der Waals surface area contributed by atoms with Crippen LogP contribution in [0, 0.1) is 11.8 Å². The Kier molecular flexibility index (Phi) is 6.50. The maximum Gasteiger partial charge on any atom is 0.309 e. The largest absolute Gasteiger partial charge is 0.494 e. The Morgan fingerprint density at radius 2 is 2.00 bits per heavy atom. The van der Waals surface area contributed by atoms with Gasteiger partial charge in [0.15, 0.2) is 0 Å². The summed E-state index contributed by atoms with van der Waals surface area (Å²) < 4.78 is 10.9. The van der Waals surface area contributed by atoms with Crippen LogP contribution in [0.3, 0.4) is 0 Å². The van der Waals surface area contributed by atoms with Crippen LogP contribution in [-0.4, -0.2) is 19.2 Å². The molecule has 1 aliphatic carbocycles. The van der Waals surface area contributed by atoms with Gasteiger partial charge in [0.1, 0.15) is 12.4 Å². The summed E-state index contributed by atoms with van der Waals surface area (Å²) in [5.74, 6) is 1.74. The summed E-state index contributed by atoms with van der Waals surface area (Å²) in [7, 11) is 0.